The van der Waals surface area contributed by atoms with Crippen molar-refractivity contribution in [2.24, 2.45) is 0 Å². The van der Waals surface area contributed by atoms with Crippen molar-refractivity contribution in [3.63, 3.8) is 0 Å². The first-order valence-corrected chi connectivity index (χ1v) is 6.67. The molecular weight excluding hydrogens is 280 g/mol. The first-order valence-electron chi connectivity index (χ1n) is 6.67. The molecule has 0 aromatic rings. The average molecular weight is 302 g/mol. The van der Waals surface area contributed by atoms with Crippen LogP contribution in [0, 0.1) is 0 Å². The van der Waals surface area contributed by atoms with Gasteiger partial charge in [-0.1, -0.05) is 0 Å². The number of carboxylic acid groups (broad SMARTS) is 1. The van der Waals surface area contributed by atoms with Crippen LogP contribution in [-0.4, -0.2) is 59.5 Å². The van der Waals surface area contributed by atoms with Crippen LogP contribution >= 0.6 is 0 Å². The molecule has 2 N–H and O–H groups in total. The minimum atomic E-state index is -1.25. The molecule has 120 valence electrons. The third kappa shape index (κ3) is 4.51. The van der Waals surface area contributed by atoms with Crippen molar-refractivity contribution in [1.82, 2.24) is 10.2 Å². The molecule has 0 unspecified atom stereocenters. The summed E-state index contributed by atoms with van der Waals surface area (Å²) in [5.41, 5.74) is -1.94. The van der Waals surface area contributed by atoms with E-state index in [2.05, 4.69) is 5.32 Å². The van der Waals surface area contributed by atoms with Crippen molar-refractivity contribution in [2.75, 3.05) is 20.2 Å². The van der Waals surface area contributed by atoms with Crippen molar-refractivity contribution < 1.29 is 29.0 Å². The number of rotatable bonds is 2. The number of amides is 2. The molecule has 1 aliphatic rings. The zero-order chi connectivity index (χ0) is 16.3. The van der Waals surface area contributed by atoms with E-state index in [1.165, 1.54) is 12.0 Å². The Hall–Kier alpha value is -1.99. The molecule has 1 aliphatic heterocycles. The fourth-order valence-corrected chi connectivity index (χ4v) is 2.15. The second-order valence-corrected chi connectivity index (χ2v) is 5.97. The molecule has 0 bridgehead atoms. The maximum absolute atomic E-state index is 12.0. The van der Waals surface area contributed by atoms with E-state index in [-0.39, 0.29) is 25.9 Å². The van der Waals surface area contributed by atoms with Crippen LogP contribution in [0.2, 0.25) is 0 Å². The van der Waals surface area contributed by atoms with Crippen LogP contribution < -0.4 is 5.32 Å². The fraction of sp³-hybridized carbons (Fsp3) is 0.769. The lowest BCUT2D eigenvalue weighted by Crippen LogP contribution is -2.61. The monoisotopic (exact) mass is 302 g/mol. The van der Waals surface area contributed by atoms with E-state index >= 15 is 0 Å². The standard InChI is InChI=1S/C13H22N2O6/c1-12(2,3)21-10(17)14-13(9(16)20-4)5-7-15(8-6-13)11(18)19/h5-8H2,1-4H3,(H,14,17)(H,18,19). The van der Waals surface area contributed by atoms with Gasteiger partial charge in [-0.2, -0.15) is 0 Å². The topological polar surface area (TPSA) is 105 Å². The summed E-state index contributed by atoms with van der Waals surface area (Å²) in [6, 6.07) is 0. The van der Waals surface area contributed by atoms with E-state index in [9.17, 15) is 14.4 Å². The number of likely N-dealkylation sites (tertiary alicyclic amines) is 1. The molecule has 1 rings (SSSR count). The van der Waals surface area contributed by atoms with Crippen LogP contribution in [0.25, 0.3) is 0 Å². The van der Waals surface area contributed by atoms with Crippen LogP contribution in [0.3, 0.4) is 0 Å². The smallest absolute Gasteiger partial charge is 0.408 e. The van der Waals surface area contributed by atoms with Gasteiger partial charge in [0.05, 0.1) is 7.11 Å². The van der Waals surface area contributed by atoms with Gasteiger partial charge in [-0.3, -0.25) is 0 Å². The minimum absolute atomic E-state index is 0.139. The van der Waals surface area contributed by atoms with Gasteiger partial charge >= 0.3 is 18.2 Å². The van der Waals surface area contributed by atoms with Gasteiger partial charge in [0.25, 0.3) is 0 Å². The summed E-state index contributed by atoms with van der Waals surface area (Å²) in [4.78, 5) is 36.0. The summed E-state index contributed by atoms with van der Waals surface area (Å²) in [7, 11) is 1.23. The second-order valence-electron chi connectivity index (χ2n) is 5.97. The molecule has 0 spiro atoms. The highest BCUT2D eigenvalue weighted by atomic mass is 16.6. The first-order chi connectivity index (χ1) is 9.59. The number of ether oxygens (including phenoxy) is 2. The van der Waals surface area contributed by atoms with Gasteiger partial charge in [0.15, 0.2) is 0 Å². The SMILES string of the molecule is COC(=O)C1(NC(=O)OC(C)(C)C)CCN(C(=O)O)CC1. The Morgan fingerprint density at radius 3 is 2.10 bits per heavy atom. The van der Waals surface area contributed by atoms with Crippen LogP contribution in [0.4, 0.5) is 9.59 Å². The molecule has 1 fully saturated rings. The predicted molar refractivity (Wildman–Crippen MR) is 72.9 cm³/mol. The number of hydrogen-bond donors (Lipinski definition) is 2. The molecule has 0 aromatic carbocycles. The van der Waals surface area contributed by atoms with Gasteiger partial charge in [-0.25, -0.2) is 14.4 Å². The number of hydrogen-bond acceptors (Lipinski definition) is 5. The lowest BCUT2D eigenvalue weighted by Gasteiger charge is -2.39. The lowest BCUT2D eigenvalue weighted by atomic mass is 9.87. The van der Waals surface area contributed by atoms with E-state index < -0.39 is 29.3 Å². The lowest BCUT2D eigenvalue weighted by molar-refractivity contribution is -0.150. The number of methoxy groups -OCH3 is 1. The molecule has 0 saturated carbocycles. The van der Waals surface area contributed by atoms with Crippen molar-refractivity contribution in [2.45, 2.75) is 44.8 Å². The minimum Gasteiger partial charge on any atom is -0.467 e. The van der Waals surface area contributed by atoms with Gasteiger partial charge < -0.3 is 24.8 Å². The molecule has 2 amide bonds. The van der Waals surface area contributed by atoms with Crippen LogP contribution in [0.5, 0.6) is 0 Å². The van der Waals surface area contributed by atoms with E-state index in [0.29, 0.717) is 0 Å². The molecular formula is C13H22N2O6. The van der Waals surface area contributed by atoms with Crippen molar-refractivity contribution in [1.29, 1.82) is 0 Å². The Labute approximate surface area is 123 Å². The van der Waals surface area contributed by atoms with Crippen LogP contribution in [0.15, 0.2) is 0 Å². The molecule has 1 saturated heterocycles. The number of piperidine rings is 1. The predicted octanol–water partition coefficient (Wildman–Crippen LogP) is 1.20. The summed E-state index contributed by atoms with van der Waals surface area (Å²) in [5.74, 6) is -0.599. The second kappa shape index (κ2) is 6.19. The van der Waals surface area contributed by atoms with Gasteiger partial charge in [0.1, 0.15) is 11.1 Å². The summed E-state index contributed by atoms with van der Waals surface area (Å²) < 4.78 is 9.89. The summed E-state index contributed by atoms with van der Waals surface area (Å²) in [5, 5.41) is 11.5. The van der Waals surface area contributed by atoms with Crippen LogP contribution in [0.1, 0.15) is 33.6 Å². The highest BCUT2D eigenvalue weighted by Gasteiger charge is 2.45. The fourth-order valence-electron chi connectivity index (χ4n) is 2.15. The highest BCUT2D eigenvalue weighted by Crippen LogP contribution is 2.24. The number of alkyl carbamates (subject to hydrolysis) is 1. The molecule has 0 atom stereocenters. The Morgan fingerprint density at radius 2 is 1.71 bits per heavy atom. The third-order valence-corrected chi connectivity index (χ3v) is 3.20. The number of carbonyl (C=O) groups excluding carboxylic acids is 2. The van der Waals surface area contributed by atoms with E-state index in [0.717, 1.165) is 0 Å². The summed E-state index contributed by atoms with van der Waals surface area (Å²) in [6.07, 6.45) is -1.49. The first kappa shape index (κ1) is 17.1. The number of esters is 1. The van der Waals surface area contributed by atoms with Gasteiger partial charge in [-0.15, -0.1) is 0 Å². The maximum Gasteiger partial charge on any atom is 0.408 e. The summed E-state index contributed by atoms with van der Waals surface area (Å²) in [6.45, 7) is 5.42. The zero-order valence-electron chi connectivity index (χ0n) is 12.8. The van der Waals surface area contributed by atoms with E-state index in [1.54, 1.807) is 20.8 Å². The van der Waals surface area contributed by atoms with E-state index in [4.69, 9.17) is 14.6 Å². The molecule has 21 heavy (non-hydrogen) atoms. The van der Waals surface area contributed by atoms with Crippen molar-refractivity contribution in [3.8, 4) is 0 Å². The Kier molecular flexibility index (Phi) is 5.03. The zero-order valence-corrected chi connectivity index (χ0v) is 12.8. The Bertz CT molecular complexity index is 421. The number of nitrogens with one attached hydrogen (secondary N) is 1. The number of nitrogens with zero attached hydrogens (tertiary/aromatic N) is 1. The molecule has 8 nitrogen and oxygen atoms in total. The average Bonchev–Trinajstić information content (AvgIpc) is 2.35. The van der Waals surface area contributed by atoms with Crippen molar-refractivity contribution >= 4 is 18.2 Å². The largest absolute Gasteiger partial charge is 0.467 e. The quantitative estimate of drug-likeness (QED) is 0.742. The van der Waals surface area contributed by atoms with Gasteiger partial charge in [0.2, 0.25) is 0 Å². The third-order valence-electron chi connectivity index (χ3n) is 3.20. The maximum atomic E-state index is 12.0. The Morgan fingerprint density at radius 1 is 1.19 bits per heavy atom. The molecule has 8 heteroatoms. The summed E-state index contributed by atoms with van der Waals surface area (Å²) >= 11 is 0. The van der Waals surface area contributed by atoms with Gasteiger partial charge in [0, 0.05) is 13.1 Å². The van der Waals surface area contributed by atoms with Crippen LogP contribution in [-0.2, 0) is 14.3 Å². The molecule has 0 aromatic heterocycles. The molecule has 0 radical (unpaired) electrons. The van der Waals surface area contributed by atoms with Gasteiger partial charge in [-0.05, 0) is 33.6 Å². The molecule has 0 aliphatic carbocycles. The van der Waals surface area contributed by atoms with E-state index in [1.807, 2.05) is 0 Å². The van der Waals surface area contributed by atoms with Crippen molar-refractivity contribution in [3.05, 3.63) is 0 Å². The molecule has 1 heterocycles. The highest BCUT2D eigenvalue weighted by molar-refractivity contribution is 5.86. The number of carbonyl (C=O) groups is 3. The Balaban J connectivity index is 2.80. The normalized spacial score (nSPS) is 17.8.